The van der Waals surface area contributed by atoms with Crippen LogP contribution in [0.5, 0.6) is 5.75 Å². The van der Waals surface area contributed by atoms with Gasteiger partial charge in [0.15, 0.2) is 0 Å². The average molecular weight is 500 g/mol. The first-order valence-electron chi connectivity index (χ1n) is 12.3. The molecule has 9 heteroatoms. The quantitative estimate of drug-likeness (QED) is 0.479. The Morgan fingerprint density at radius 2 is 2.03 bits per heavy atom. The van der Waals surface area contributed by atoms with Crippen molar-refractivity contribution in [2.45, 2.75) is 44.2 Å². The second-order valence-corrected chi connectivity index (χ2v) is 10.2. The van der Waals surface area contributed by atoms with E-state index >= 15 is 0 Å². The van der Waals surface area contributed by atoms with Crippen molar-refractivity contribution >= 4 is 34.3 Å². The zero-order valence-electron chi connectivity index (χ0n) is 21.0. The van der Waals surface area contributed by atoms with E-state index in [1.165, 1.54) is 4.90 Å². The molecule has 9 nitrogen and oxygen atoms in total. The normalized spacial score (nSPS) is 21.1. The van der Waals surface area contributed by atoms with Gasteiger partial charge in [-0.2, -0.15) is 5.26 Å². The Morgan fingerprint density at radius 1 is 1.24 bits per heavy atom. The Morgan fingerprint density at radius 3 is 2.76 bits per heavy atom. The Kier molecular flexibility index (Phi) is 6.12. The number of carbonyl (C=O) groups excluding carboxylic acids is 3. The lowest BCUT2D eigenvalue weighted by atomic mass is 9.80. The van der Waals surface area contributed by atoms with E-state index in [1.54, 1.807) is 13.2 Å². The number of aromatic amines is 1. The molecule has 0 saturated carbocycles. The highest BCUT2D eigenvalue weighted by Crippen LogP contribution is 2.46. The zero-order valence-corrected chi connectivity index (χ0v) is 21.0. The van der Waals surface area contributed by atoms with Gasteiger partial charge in [0.1, 0.15) is 23.5 Å². The number of ether oxygens (including phenoxy) is 1. The van der Waals surface area contributed by atoms with Gasteiger partial charge in [-0.15, -0.1) is 0 Å². The highest BCUT2D eigenvalue weighted by molar-refractivity contribution is 6.07. The van der Waals surface area contributed by atoms with Gasteiger partial charge in [-0.25, -0.2) is 0 Å². The SMILES string of the molecule is COc1cccc2[nH]c(C(=O)N[C@@H](CC(C)C)C(=O)N3C[C@]4(C[C@H]3C#N)C(=O)Nc3ccccc34)cc12. The van der Waals surface area contributed by atoms with Gasteiger partial charge in [-0.1, -0.05) is 38.1 Å². The summed E-state index contributed by atoms with van der Waals surface area (Å²) in [5, 5.41) is 16.5. The Balaban J connectivity index is 1.42. The maximum absolute atomic E-state index is 13.8. The van der Waals surface area contributed by atoms with Gasteiger partial charge in [-0.3, -0.25) is 14.4 Å². The van der Waals surface area contributed by atoms with Gasteiger partial charge in [0.25, 0.3) is 5.91 Å². The molecule has 0 unspecified atom stereocenters. The molecular weight excluding hydrogens is 470 g/mol. The van der Waals surface area contributed by atoms with Crippen LogP contribution >= 0.6 is 0 Å². The van der Waals surface area contributed by atoms with E-state index in [4.69, 9.17) is 4.74 Å². The van der Waals surface area contributed by atoms with Crippen molar-refractivity contribution in [2.75, 3.05) is 19.0 Å². The zero-order chi connectivity index (χ0) is 26.3. The minimum atomic E-state index is -0.979. The third kappa shape index (κ3) is 4.08. The highest BCUT2D eigenvalue weighted by atomic mass is 16.5. The van der Waals surface area contributed by atoms with Gasteiger partial charge >= 0.3 is 0 Å². The van der Waals surface area contributed by atoms with Crippen LogP contribution in [0.4, 0.5) is 5.69 Å². The summed E-state index contributed by atoms with van der Waals surface area (Å²) in [7, 11) is 1.57. The number of amides is 3. The van der Waals surface area contributed by atoms with Crippen LogP contribution in [0.1, 0.15) is 42.7 Å². The molecule has 1 saturated heterocycles. The number of nitriles is 1. The molecule has 37 heavy (non-hydrogen) atoms. The number of fused-ring (bicyclic) bond motifs is 3. The number of aromatic nitrogens is 1. The maximum Gasteiger partial charge on any atom is 0.268 e. The number of anilines is 1. The van der Waals surface area contributed by atoms with E-state index in [9.17, 15) is 19.6 Å². The molecule has 3 heterocycles. The predicted octanol–water partition coefficient (Wildman–Crippen LogP) is 3.34. The molecule has 0 bridgehead atoms. The molecule has 3 amide bonds. The fourth-order valence-electron chi connectivity index (χ4n) is 5.54. The number of para-hydroxylation sites is 1. The van der Waals surface area contributed by atoms with Crippen molar-refractivity contribution < 1.29 is 19.1 Å². The smallest absolute Gasteiger partial charge is 0.268 e. The molecule has 2 aliphatic rings. The molecule has 3 aromatic rings. The lowest BCUT2D eigenvalue weighted by molar-refractivity contribution is -0.134. The number of carbonyl (C=O) groups is 3. The van der Waals surface area contributed by atoms with Crippen molar-refractivity contribution in [2.24, 2.45) is 5.92 Å². The number of nitrogens with one attached hydrogen (secondary N) is 3. The third-order valence-electron chi connectivity index (χ3n) is 7.32. The lowest BCUT2D eigenvalue weighted by Crippen LogP contribution is -2.51. The summed E-state index contributed by atoms with van der Waals surface area (Å²) < 4.78 is 5.39. The monoisotopic (exact) mass is 499 g/mol. The fourth-order valence-corrected chi connectivity index (χ4v) is 5.54. The number of rotatable bonds is 6. The molecule has 1 aromatic heterocycles. The van der Waals surface area contributed by atoms with Crippen molar-refractivity contribution in [1.82, 2.24) is 15.2 Å². The number of nitrogens with zero attached hydrogens (tertiary/aromatic N) is 2. The van der Waals surface area contributed by atoms with Gasteiger partial charge < -0.3 is 25.3 Å². The van der Waals surface area contributed by atoms with Gasteiger partial charge in [-0.05, 0) is 42.2 Å². The van der Waals surface area contributed by atoms with Crippen LogP contribution in [0.2, 0.25) is 0 Å². The first kappa shape index (κ1) is 24.4. The molecule has 1 spiro atoms. The van der Waals surface area contributed by atoms with Crippen molar-refractivity contribution in [3.8, 4) is 11.8 Å². The van der Waals surface area contributed by atoms with Crippen LogP contribution in [-0.2, 0) is 15.0 Å². The van der Waals surface area contributed by atoms with Crippen LogP contribution in [0.15, 0.2) is 48.5 Å². The number of hydrogen-bond donors (Lipinski definition) is 3. The summed E-state index contributed by atoms with van der Waals surface area (Å²) in [6.45, 7) is 4.02. The van der Waals surface area contributed by atoms with Crippen molar-refractivity contribution in [3.05, 3.63) is 59.8 Å². The molecular formula is C28H29N5O4. The molecule has 5 rings (SSSR count). The average Bonchev–Trinajstić information content (AvgIpc) is 3.57. The van der Waals surface area contributed by atoms with E-state index in [1.807, 2.05) is 56.3 Å². The molecule has 2 aliphatic heterocycles. The number of likely N-dealkylation sites (tertiary alicyclic amines) is 1. The largest absolute Gasteiger partial charge is 0.496 e. The summed E-state index contributed by atoms with van der Waals surface area (Å²) in [4.78, 5) is 44.7. The van der Waals surface area contributed by atoms with Crippen molar-refractivity contribution in [1.29, 1.82) is 5.26 Å². The van der Waals surface area contributed by atoms with Gasteiger partial charge in [0, 0.05) is 29.6 Å². The summed E-state index contributed by atoms with van der Waals surface area (Å²) in [5.41, 5.74) is 1.58. The Labute approximate surface area is 214 Å². The summed E-state index contributed by atoms with van der Waals surface area (Å²) in [5.74, 6) is -0.262. The number of H-pyrrole nitrogens is 1. The topological polar surface area (TPSA) is 127 Å². The number of methoxy groups -OCH3 is 1. The van der Waals surface area contributed by atoms with Crippen LogP contribution in [0.3, 0.4) is 0 Å². The van der Waals surface area contributed by atoms with Crippen LogP contribution in [-0.4, -0.2) is 53.3 Å². The standard InChI is InChI=1S/C28H29N5O4/c1-16(2)11-23(31-25(34)22-12-18-20(30-22)9-6-10-24(18)37-3)26(35)33-15-28(13-17(33)14-29)19-7-4-5-8-21(19)32-27(28)36/h4-10,12,16-17,23,30H,11,13,15H2,1-3H3,(H,31,34)(H,32,36)/t17-,23-,28-/m0/s1. The maximum atomic E-state index is 13.8. The summed E-state index contributed by atoms with van der Waals surface area (Å²) >= 11 is 0. The van der Waals surface area contributed by atoms with E-state index in [-0.39, 0.29) is 30.7 Å². The lowest BCUT2D eigenvalue weighted by Gasteiger charge is -2.28. The van der Waals surface area contributed by atoms with E-state index < -0.39 is 23.4 Å². The van der Waals surface area contributed by atoms with Gasteiger partial charge in [0.2, 0.25) is 11.8 Å². The molecule has 0 aliphatic carbocycles. The first-order chi connectivity index (χ1) is 17.8. The minimum absolute atomic E-state index is 0.0843. The molecule has 2 aromatic carbocycles. The van der Waals surface area contributed by atoms with Gasteiger partial charge in [0.05, 0.1) is 18.6 Å². The first-order valence-corrected chi connectivity index (χ1v) is 12.3. The summed E-state index contributed by atoms with van der Waals surface area (Å²) in [6, 6.07) is 15.1. The highest BCUT2D eigenvalue weighted by Gasteiger charge is 2.56. The second-order valence-electron chi connectivity index (χ2n) is 10.2. The number of benzene rings is 2. The Bertz CT molecular complexity index is 1440. The molecule has 3 N–H and O–H groups in total. The predicted molar refractivity (Wildman–Crippen MR) is 138 cm³/mol. The third-order valence-corrected chi connectivity index (χ3v) is 7.32. The fraction of sp³-hybridized carbons (Fsp3) is 0.357. The molecule has 190 valence electrons. The molecule has 3 atom stereocenters. The summed E-state index contributed by atoms with van der Waals surface area (Å²) in [6.07, 6.45) is 0.598. The van der Waals surface area contributed by atoms with Crippen LogP contribution in [0, 0.1) is 17.2 Å². The van der Waals surface area contributed by atoms with E-state index in [0.29, 0.717) is 23.6 Å². The molecule has 0 radical (unpaired) electrons. The van der Waals surface area contributed by atoms with E-state index in [2.05, 4.69) is 21.7 Å². The van der Waals surface area contributed by atoms with E-state index in [0.717, 1.165) is 16.5 Å². The number of hydrogen-bond acceptors (Lipinski definition) is 5. The Hall–Kier alpha value is -4.32. The second kappa shape index (κ2) is 9.28. The van der Waals surface area contributed by atoms with Crippen molar-refractivity contribution in [3.63, 3.8) is 0 Å². The molecule has 1 fully saturated rings. The minimum Gasteiger partial charge on any atom is -0.496 e. The van der Waals surface area contributed by atoms with Crippen LogP contribution < -0.4 is 15.4 Å². The van der Waals surface area contributed by atoms with Crippen LogP contribution in [0.25, 0.3) is 10.9 Å².